The number of alkyl halides is 3. The lowest BCUT2D eigenvalue weighted by atomic mass is 10.2. The molecule has 2 rings (SSSR count). The summed E-state index contributed by atoms with van der Waals surface area (Å²) >= 11 is 8.56. The van der Waals surface area contributed by atoms with Gasteiger partial charge >= 0.3 is 6.18 Å². The molecule has 0 spiro atoms. The van der Waals surface area contributed by atoms with E-state index in [0.717, 1.165) is 0 Å². The molecule has 2 aromatic heterocycles. The van der Waals surface area contributed by atoms with Crippen molar-refractivity contribution in [2.24, 2.45) is 0 Å². The SMILES string of the molecule is FC(F)(F)c1nc2ccnc(Cl)c2cc1Br. The fourth-order valence-corrected chi connectivity index (χ4v) is 1.99. The van der Waals surface area contributed by atoms with Crippen molar-refractivity contribution in [3.8, 4) is 0 Å². The average Bonchev–Trinajstić information content (AvgIpc) is 2.17. The molecule has 2 heterocycles. The molecule has 0 aliphatic heterocycles. The van der Waals surface area contributed by atoms with E-state index in [1.807, 2.05) is 0 Å². The molecule has 0 unspecified atom stereocenters. The molecule has 2 nitrogen and oxygen atoms in total. The number of nitrogens with zero attached hydrogens (tertiary/aromatic N) is 2. The van der Waals surface area contributed by atoms with E-state index in [9.17, 15) is 13.2 Å². The standard InChI is InChI=1S/C9H3BrClF3N2/c10-5-3-4-6(1-2-15-8(4)11)16-7(5)9(12,13)14/h1-3H. The lowest BCUT2D eigenvalue weighted by Crippen LogP contribution is -2.09. The van der Waals surface area contributed by atoms with E-state index < -0.39 is 11.9 Å². The Labute approximate surface area is 102 Å². The zero-order valence-corrected chi connectivity index (χ0v) is 9.86. The van der Waals surface area contributed by atoms with Gasteiger partial charge in [0.05, 0.1) is 5.52 Å². The predicted octanol–water partition coefficient (Wildman–Crippen LogP) is 4.06. The molecule has 0 saturated carbocycles. The number of aromatic nitrogens is 2. The van der Waals surface area contributed by atoms with Crippen molar-refractivity contribution in [3.05, 3.63) is 33.6 Å². The molecule has 0 fully saturated rings. The van der Waals surface area contributed by atoms with E-state index in [1.165, 1.54) is 18.3 Å². The summed E-state index contributed by atoms with van der Waals surface area (Å²) in [6.45, 7) is 0. The molecule has 0 bridgehead atoms. The van der Waals surface area contributed by atoms with Crippen LogP contribution in [-0.2, 0) is 6.18 Å². The number of halogens is 5. The zero-order chi connectivity index (χ0) is 11.9. The zero-order valence-electron chi connectivity index (χ0n) is 7.52. The summed E-state index contributed by atoms with van der Waals surface area (Å²) in [7, 11) is 0. The van der Waals surface area contributed by atoms with E-state index in [2.05, 4.69) is 25.9 Å². The average molecular weight is 311 g/mol. The Morgan fingerprint density at radius 2 is 2.00 bits per heavy atom. The summed E-state index contributed by atoms with van der Waals surface area (Å²) in [5.74, 6) is 0. The van der Waals surface area contributed by atoms with Crippen LogP contribution in [0.25, 0.3) is 10.9 Å². The van der Waals surface area contributed by atoms with E-state index in [0.29, 0.717) is 5.39 Å². The lowest BCUT2D eigenvalue weighted by Gasteiger charge is -2.09. The third-order valence-electron chi connectivity index (χ3n) is 1.92. The quantitative estimate of drug-likeness (QED) is 0.686. The third-order valence-corrected chi connectivity index (χ3v) is 2.82. The van der Waals surface area contributed by atoms with Crippen LogP contribution in [0.3, 0.4) is 0 Å². The smallest absolute Gasteiger partial charge is 0.244 e. The van der Waals surface area contributed by atoms with Crippen molar-refractivity contribution in [2.45, 2.75) is 6.18 Å². The van der Waals surface area contributed by atoms with Gasteiger partial charge in [-0.15, -0.1) is 0 Å². The number of rotatable bonds is 0. The van der Waals surface area contributed by atoms with Crippen LogP contribution in [0.5, 0.6) is 0 Å². The minimum absolute atomic E-state index is 0.124. The fraction of sp³-hybridized carbons (Fsp3) is 0.111. The molecule has 0 aliphatic rings. The second-order valence-electron chi connectivity index (χ2n) is 2.99. The highest BCUT2D eigenvalue weighted by Gasteiger charge is 2.35. The van der Waals surface area contributed by atoms with Gasteiger partial charge < -0.3 is 0 Å². The molecule has 0 N–H and O–H groups in total. The van der Waals surface area contributed by atoms with Gasteiger partial charge in [0.2, 0.25) is 0 Å². The molecule has 0 atom stereocenters. The van der Waals surface area contributed by atoms with Crippen molar-refractivity contribution in [1.82, 2.24) is 9.97 Å². The normalized spacial score (nSPS) is 12.1. The molecular weight excluding hydrogens is 308 g/mol. The van der Waals surface area contributed by atoms with Crippen molar-refractivity contribution < 1.29 is 13.2 Å². The first kappa shape index (κ1) is 11.6. The molecule has 7 heteroatoms. The summed E-state index contributed by atoms with van der Waals surface area (Å²) in [4.78, 5) is 7.27. The minimum Gasteiger partial charge on any atom is -0.244 e. The largest absolute Gasteiger partial charge is 0.434 e. The number of hydrogen-bond donors (Lipinski definition) is 0. The van der Waals surface area contributed by atoms with E-state index in [1.54, 1.807) is 0 Å². The molecule has 2 aromatic rings. The maximum absolute atomic E-state index is 12.5. The molecule has 84 valence electrons. The lowest BCUT2D eigenvalue weighted by molar-refractivity contribution is -0.141. The topological polar surface area (TPSA) is 25.8 Å². The summed E-state index contributed by atoms with van der Waals surface area (Å²) in [5, 5.41) is 0.503. The van der Waals surface area contributed by atoms with Gasteiger partial charge in [0.1, 0.15) is 5.15 Å². The Bertz CT molecular complexity index is 556. The molecule has 0 aromatic carbocycles. The van der Waals surface area contributed by atoms with Crippen LogP contribution in [0.15, 0.2) is 22.8 Å². The van der Waals surface area contributed by atoms with Gasteiger partial charge in [0.15, 0.2) is 5.69 Å². The first-order valence-corrected chi connectivity index (χ1v) is 5.24. The van der Waals surface area contributed by atoms with E-state index in [4.69, 9.17) is 11.6 Å². The Morgan fingerprint density at radius 3 is 2.62 bits per heavy atom. The van der Waals surface area contributed by atoms with Crippen molar-refractivity contribution in [2.75, 3.05) is 0 Å². The monoisotopic (exact) mass is 310 g/mol. The van der Waals surface area contributed by atoms with Gasteiger partial charge in [0.25, 0.3) is 0 Å². The highest BCUT2D eigenvalue weighted by atomic mass is 79.9. The fourth-order valence-electron chi connectivity index (χ4n) is 1.24. The third kappa shape index (κ3) is 1.99. The highest BCUT2D eigenvalue weighted by Crippen LogP contribution is 2.35. The Balaban J connectivity index is 2.78. The first-order valence-electron chi connectivity index (χ1n) is 4.07. The van der Waals surface area contributed by atoms with Crippen LogP contribution >= 0.6 is 27.5 Å². The first-order chi connectivity index (χ1) is 7.39. The number of fused-ring (bicyclic) bond motifs is 1. The van der Waals surface area contributed by atoms with Crippen LogP contribution in [0.2, 0.25) is 5.15 Å². The predicted molar refractivity (Wildman–Crippen MR) is 57.3 cm³/mol. The summed E-state index contributed by atoms with van der Waals surface area (Å²) < 4.78 is 37.5. The summed E-state index contributed by atoms with van der Waals surface area (Å²) in [6.07, 6.45) is -3.19. The van der Waals surface area contributed by atoms with E-state index >= 15 is 0 Å². The maximum atomic E-state index is 12.5. The maximum Gasteiger partial charge on any atom is 0.434 e. The van der Waals surface area contributed by atoms with Crippen LogP contribution < -0.4 is 0 Å². The minimum atomic E-state index is -4.50. The second kappa shape index (κ2) is 3.85. The van der Waals surface area contributed by atoms with Crippen LogP contribution in [0.4, 0.5) is 13.2 Å². The summed E-state index contributed by atoms with van der Waals surface area (Å²) in [6, 6.07) is 2.64. The van der Waals surface area contributed by atoms with Crippen LogP contribution in [0, 0.1) is 0 Å². The molecule has 0 saturated heterocycles. The van der Waals surface area contributed by atoms with Crippen LogP contribution in [0.1, 0.15) is 5.69 Å². The van der Waals surface area contributed by atoms with Gasteiger partial charge in [-0.25, -0.2) is 9.97 Å². The van der Waals surface area contributed by atoms with Crippen molar-refractivity contribution in [1.29, 1.82) is 0 Å². The Hall–Kier alpha value is -0.880. The molecule has 0 aliphatic carbocycles. The van der Waals surface area contributed by atoms with Crippen LogP contribution in [-0.4, -0.2) is 9.97 Å². The van der Waals surface area contributed by atoms with E-state index in [-0.39, 0.29) is 15.1 Å². The Morgan fingerprint density at radius 1 is 1.31 bits per heavy atom. The van der Waals surface area contributed by atoms with Gasteiger partial charge in [-0.05, 0) is 28.1 Å². The van der Waals surface area contributed by atoms with Gasteiger partial charge in [-0.1, -0.05) is 11.6 Å². The molecule has 16 heavy (non-hydrogen) atoms. The molecular formula is C9H3BrClF3N2. The van der Waals surface area contributed by atoms with Gasteiger partial charge in [-0.2, -0.15) is 13.2 Å². The van der Waals surface area contributed by atoms with Crippen molar-refractivity contribution >= 4 is 38.4 Å². The molecule has 0 amide bonds. The highest BCUT2D eigenvalue weighted by molar-refractivity contribution is 9.10. The number of hydrogen-bond acceptors (Lipinski definition) is 2. The van der Waals surface area contributed by atoms with Gasteiger partial charge in [-0.3, -0.25) is 0 Å². The van der Waals surface area contributed by atoms with Gasteiger partial charge in [0, 0.05) is 16.1 Å². The molecule has 0 radical (unpaired) electrons. The summed E-state index contributed by atoms with van der Waals surface area (Å²) in [5.41, 5.74) is -0.808. The number of pyridine rings is 2. The Kier molecular flexibility index (Phi) is 2.79. The van der Waals surface area contributed by atoms with Crippen molar-refractivity contribution in [3.63, 3.8) is 0 Å². The second-order valence-corrected chi connectivity index (χ2v) is 4.20.